The molecule has 1 saturated heterocycles. The van der Waals surface area contributed by atoms with Crippen LogP contribution in [0.3, 0.4) is 0 Å². The van der Waals surface area contributed by atoms with Crippen LogP contribution in [0, 0.1) is 28.6 Å². The van der Waals surface area contributed by atoms with Crippen molar-refractivity contribution in [1.82, 2.24) is 4.90 Å². The molecule has 2 rings (SSSR count). The maximum absolute atomic E-state index is 11.2. The average molecular weight is 278 g/mol. The second-order valence-corrected chi connectivity index (χ2v) is 7.62. The van der Waals surface area contributed by atoms with Crippen molar-refractivity contribution >= 4 is 0 Å². The zero-order chi connectivity index (χ0) is 14.8. The van der Waals surface area contributed by atoms with Crippen LogP contribution in [0.4, 0.5) is 0 Å². The Bertz CT molecular complexity index is 366. The molecule has 3 heteroatoms. The predicted octanol–water partition coefficient (Wildman–Crippen LogP) is 3.19. The molecule has 1 aliphatic heterocycles. The van der Waals surface area contributed by atoms with E-state index >= 15 is 0 Å². The molecule has 0 radical (unpaired) electrons. The fraction of sp³-hybridized carbons (Fsp3) is 0.941. The lowest BCUT2D eigenvalue weighted by molar-refractivity contribution is -0.116. The van der Waals surface area contributed by atoms with Crippen LogP contribution in [-0.4, -0.2) is 35.2 Å². The fourth-order valence-corrected chi connectivity index (χ4v) is 4.28. The van der Waals surface area contributed by atoms with E-state index in [0.717, 1.165) is 51.7 Å². The SMILES string of the molecule is CC(C)CN1CCC(O)(C2(C#N)CCCC(C)C2)CC1. The normalized spacial score (nSPS) is 34.9. The van der Waals surface area contributed by atoms with E-state index < -0.39 is 11.0 Å². The molecule has 0 amide bonds. The Hall–Kier alpha value is -0.590. The Labute approximate surface area is 124 Å². The highest BCUT2D eigenvalue weighted by molar-refractivity contribution is 5.14. The van der Waals surface area contributed by atoms with Crippen LogP contribution in [0.1, 0.15) is 59.3 Å². The van der Waals surface area contributed by atoms with Gasteiger partial charge >= 0.3 is 0 Å². The van der Waals surface area contributed by atoms with Gasteiger partial charge in [-0.2, -0.15) is 5.26 Å². The molecule has 20 heavy (non-hydrogen) atoms. The van der Waals surface area contributed by atoms with Crippen molar-refractivity contribution in [1.29, 1.82) is 5.26 Å². The minimum atomic E-state index is -0.760. The molecule has 2 fully saturated rings. The lowest BCUT2D eigenvalue weighted by Gasteiger charge is -2.50. The molecule has 0 aromatic rings. The van der Waals surface area contributed by atoms with Gasteiger partial charge in [0, 0.05) is 19.6 Å². The van der Waals surface area contributed by atoms with Gasteiger partial charge in [-0.15, -0.1) is 0 Å². The summed E-state index contributed by atoms with van der Waals surface area (Å²) in [5.74, 6) is 1.24. The predicted molar refractivity (Wildman–Crippen MR) is 81.1 cm³/mol. The maximum atomic E-state index is 11.2. The highest BCUT2D eigenvalue weighted by Crippen LogP contribution is 2.50. The van der Waals surface area contributed by atoms with E-state index in [0.29, 0.717) is 11.8 Å². The molecule has 0 aromatic heterocycles. The molecular weight excluding hydrogens is 248 g/mol. The van der Waals surface area contributed by atoms with Crippen molar-refractivity contribution in [2.45, 2.75) is 64.9 Å². The molecule has 1 heterocycles. The Morgan fingerprint density at radius 2 is 1.95 bits per heavy atom. The van der Waals surface area contributed by atoms with Crippen LogP contribution in [0.5, 0.6) is 0 Å². The molecule has 2 unspecified atom stereocenters. The number of nitriles is 1. The van der Waals surface area contributed by atoms with Crippen LogP contribution in [0.25, 0.3) is 0 Å². The zero-order valence-corrected chi connectivity index (χ0v) is 13.4. The van der Waals surface area contributed by atoms with Crippen molar-refractivity contribution in [3.63, 3.8) is 0 Å². The van der Waals surface area contributed by atoms with Crippen LogP contribution >= 0.6 is 0 Å². The third-order valence-electron chi connectivity index (χ3n) is 5.41. The van der Waals surface area contributed by atoms with E-state index in [1.807, 2.05) is 0 Å². The summed E-state index contributed by atoms with van der Waals surface area (Å²) in [4.78, 5) is 2.44. The van der Waals surface area contributed by atoms with Crippen molar-refractivity contribution in [2.24, 2.45) is 17.3 Å². The molecule has 0 bridgehead atoms. The number of likely N-dealkylation sites (tertiary alicyclic amines) is 1. The van der Waals surface area contributed by atoms with Crippen molar-refractivity contribution in [2.75, 3.05) is 19.6 Å². The second-order valence-electron chi connectivity index (χ2n) is 7.62. The van der Waals surface area contributed by atoms with Crippen molar-refractivity contribution in [3.8, 4) is 6.07 Å². The smallest absolute Gasteiger partial charge is 0.0863 e. The van der Waals surface area contributed by atoms with Crippen molar-refractivity contribution in [3.05, 3.63) is 0 Å². The van der Waals surface area contributed by atoms with E-state index in [1.165, 1.54) is 6.42 Å². The number of aliphatic hydroxyl groups is 1. The molecule has 3 nitrogen and oxygen atoms in total. The number of nitrogens with zero attached hydrogens (tertiary/aromatic N) is 2. The van der Waals surface area contributed by atoms with Crippen LogP contribution in [0.15, 0.2) is 0 Å². The summed E-state index contributed by atoms with van der Waals surface area (Å²) in [5.41, 5.74) is -1.25. The Balaban J connectivity index is 2.06. The zero-order valence-electron chi connectivity index (χ0n) is 13.4. The van der Waals surface area contributed by atoms with Gasteiger partial charge in [-0.25, -0.2) is 0 Å². The third kappa shape index (κ3) is 3.02. The molecule has 0 aromatic carbocycles. The quantitative estimate of drug-likeness (QED) is 0.862. The van der Waals surface area contributed by atoms with Crippen LogP contribution in [-0.2, 0) is 0 Å². The van der Waals surface area contributed by atoms with Gasteiger partial charge < -0.3 is 10.0 Å². The molecule has 114 valence electrons. The molecule has 2 aliphatic rings. The Morgan fingerprint density at radius 1 is 1.30 bits per heavy atom. The van der Waals surface area contributed by atoms with Crippen molar-refractivity contribution < 1.29 is 5.11 Å². The van der Waals surface area contributed by atoms with Gasteiger partial charge in [-0.1, -0.05) is 33.6 Å². The highest BCUT2D eigenvalue weighted by atomic mass is 16.3. The number of rotatable bonds is 3. The first-order valence-electron chi connectivity index (χ1n) is 8.27. The lowest BCUT2D eigenvalue weighted by atomic mass is 9.59. The summed E-state index contributed by atoms with van der Waals surface area (Å²) in [5, 5.41) is 20.9. The molecule has 0 spiro atoms. The first kappa shape index (κ1) is 15.8. The topological polar surface area (TPSA) is 47.3 Å². The van der Waals surface area contributed by atoms with Gasteiger partial charge in [-0.05, 0) is 37.5 Å². The summed E-state index contributed by atoms with van der Waals surface area (Å²) in [6.45, 7) is 9.67. The monoisotopic (exact) mass is 278 g/mol. The molecule has 1 aliphatic carbocycles. The first-order chi connectivity index (χ1) is 9.41. The van der Waals surface area contributed by atoms with Gasteiger partial charge in [0.1, 0.15) is 0 Å². The lowest BCUT2D eigenvalue weighted by Crippen LogP contribution is -2.56. The van der Waals surface area contributed by atoms with E-state index in [-0.39, 0.29) is 0 Å². The second kappa shape index (κ2) is 6.03. The van der Waals surface area contributed by atoms with E-state index in [9.17, 15) is 10.4 Å². The molecular formula is C17H30N2O. The largest absolute Gasteiger partial charge is 0.388 e. The molecule has 2 atom stereocenters. The first-order valence-corrected chi connectivity index (χ1v) is 8.27. The van der Waals surface area contributed by atoms with Gasteiger partial charge in [0.25, 0.3) is 0 Å². The van der Waals surface area contributed by atoms with E-state index in [1.54, 1.807) is 0 Å². The summed E-state index contributed by atoms with van der Waals surface area (Å²) >= 11 is 0. The van der Waals surface area contributed by atoms with Crippen LogP contribution < -0.4 is 0 Å². The summed E-state index contributed by atoms with van der Waals surface area (Å²) in [6.07, 6.45) is 5.59. The Kier molecular flexibility index (Phi) is 4.76. The van der Waals surface area contributed by atoms with Gasteiger partial charge in [0.15, 0.2) is 0 Å². The van der Waals surface area contributed by atoms with Gasteiger partial charge in [0.2, 0.25) is 0 Å². The molecule has 1 saturated carbocycles. The summed E-state index contributed by atoms with van der Waals surface area (Å²) in [7, 11) is 0. The van der Waals surface area contributed by atoms with Gasteiger partial charge in [-0.3, -0.25) is 0 Å². The maximum Gasteiger partial charge on any atom is 0.0863 e. The minimum Gasteiger partial charge on any atom is -0.388 e. The fourth-order valence-electron chi connectivity index (χ4n) is 4.28. The number of piperidine rings is 1. The number of hydrogen-bond donors (Lipinski definition) is 1. The van der Waals surface area contributed by atoms with E-state index in [2.05, 4.69) is 31.7 Å². The number of hydrogen-bond acceptors (Lipinski definition) is 3. The molecule has 1 N–H and O–H groups in total. The summed E-state index contributed by atoms with van der Waals surface area (Å²) < 4.78 is 0. The summed E-state index contributed by atoms with van der Waals surface area (Å²) in [6, 6.07) is 2.55. The van der Waals surface area contributed by atoms with E-state index in [4.69, 9.17) is 0 Å². The highest BCUT2D eigenvalue weighted by Gasteiger charge is 2.53. The average Bonchev–Trinajstić information content (AvgIpc) is 2.41. The van der Waals surface area contributed by atoms with Crippen LogP contribution in [0.2, 0.25) is 0 Å². The third-order valence-corrected chi connectivity index (χ3v) is 5.41. The minimum absolute atomic E-state index is 0.491. The van der Waals surface area contributed by atoms with Gasteiger partial charge in [0.05, 0.1) is 17.1 Å². The Morgan fingerprint density at radius 3 is 2.45 bits per heavy atom. The standard InChI is InChI=1S/C17H30N2O/c1-14(2)12-19-9-7-17(20,8-10-19)16(13-18)6-4-5-15(3)11-16/h14-15,20H,4-12H2,1-3H3.